The molecule has 0 aromatic heterocycles. The van der Waals surface area contributed by atoms with Gasteiger partial charge in [0.1, 0.15) is 11.4 Å². The third-order valence-electron chi connectivity index (χ3n) is 4.18. The van der Waals surface area contributed by atoms with Gasteiger partial charge in [0.2, 0.25) is 0 Å². The lowest BCUT2D eigenvalue weighted by Gasteiger charge is -2.38. The lowest BCUT2D eigenvalue weighted by atomic mass is 9.87. The average molecular weight is 312 g/mol. The number of rotatable bonds is 0. The van der Waals surface area contributed by atoms with Crippen LogP contribution in [0.25, 0.3) is 0 Å². The van der Waals surface area contributed by atoms with Gasteiger partial charge in [-0.25, -0.2) is 0 Å². The fourth-order valence-corrected chi connectivity index (χ4v) is 3.58. The van der Waals surface area contributed by atoms with Gasteiger partial charge in [-0.3, -0.25) is 4.90 Å². The van der Waals surface area contributed by atoms with E-state index in [1.807, 2.05) is 18.2 Å². The van der Waals surface area contributed by atoms with Crippen molar-refractivity contribution < 1.29 is 9.84 Å². The average Bonchev–Trinajstić information content (AvgIpc) is 2.55. The summed E-state index contributed by atoms with van der Waals surface area (Å²) >= 11 is 3.44. The summed E-state index contributed by atoms with van der Waals surface area (Å²) in [5.74, 6) is 0.833. The maximum absolute atomic E-state index is 10.4. The molecule has 4 heteroatoms. The van der Waals surface area contributed by atoms with Gasteiger partial charge in [0.25, 0.3) is 0 Å². The molecule has 2 heterocycles. The molecule has 1 aromatic rings. The molecular weight excluding hydrogens is 294 g/mol. The first-order valence-electron chi connectivity index (χ1n) is 6.36. The number of likely N-dealkylation sites (N-methyl/N-ethyl adjacent to an activating group) is 1. The first-order valence-corrected chi connectivity index (χ1v) is 7.15. The van der Waals surface area contributed by atoms with Gasteiger partial charge in [0.05, 0.1) is 6.10 Å². The molecule has 1 spiro atoms. The standard InChI is InChI=1S/C14H18BrNO2/c1-9-6-14(8-16(9)2)7-12(17)11-5-10(15)3-4-13(11)18-14/h3-5,9,12,17H,6-8H2,1-2H3. The Morgan fingerprint density at radius 1 is 1.44 bits per heavy atom. The second-order valence-corrected chi connectivity index (χ2v) is 6.57. The Balaban J connectivity index is 1.95. The number of fused-ring (bicyclic) bond motifs is 1. The number of halogens is 1. The van der Waals surface area contributed by atoms with Crippen LogP contribution in [-0.2, 0) is 0 Å². The van der Waals surface area contributed by atoms with E-state index in [2.05, 4.69) is 34.8 Å². The zero-order valence-corrected chi connectivity index (χ0v) is 12.3. The van der Waals surface area contributed by atoms with Crippen LogP contribution in [0.1, 0.15) is 31.4 Å². The van der Waals surface area contributed by atoms with E-state index in [4.69, 9.17) is 4.74 Å². The van der Waals surface area contributed by atoms with E-state index in [0.29, 0.717) is 12.5 Å². The molecule has 1 fully saturated rings. The third kappa shape index (κ3) is 1.96. The molecule has 2 aliphatic heterocycles. The van der Waals surface area contributed by atoms with Crippen molar-refractivity contribution in [2.45, 2.75) is 37.5 Å². The first-order chi connectivity index (χ1) is 8.49. The van der Waals surface area contributed by atoms with Gasteiger partial charge in [-0.1, -0.05) is 15.9 Å². The van der Waals surface area contributed by atoms with E-state index in [1.165, 1.54) is 0 Å². The minimum atomic E-state index is -0.426. The van der Waals surface area contributed by atoms with Crippen molar-refractivity contribution in [3.05, 3.63) is 28.2 Å². The highest BCUT2D eigenvalue weighted by atomic mass is 79.9. The van der Waals surface area contributed by atoms with Crippen LogP contribution < -0.4 is 4.74 Å². The highest BCUT2D eigenvalue weighted by Gasteiger charge is 2.47. The van der Waals surface area contributed by atoms with Gasteiger partial charge in [-0.2, -0.15) is 0 Å². The minimum Gasteiger partial charge on any atom is -0.485 e. The largest absolute Gasteiger partial charge is 0.485 e. The summed E-state index contributed by atoms with van der Waals surface area (Å²) in [6, 6.07) is 6.38. The minimum absolute atomic E-state index is 0.214. The van der Waals surface area contributed by atoms with Gasteiger partial charge in [-0.15, -0.1) is 0 Å². The Hall–Kier alpha value is -0.580. The summed E-state index contributed by atoms with van der Waals surface area (Å²) < 4.78 is 7.21. The Kier molecular flexibility index (Phi) is 2.92. The number of hydrogen-bond acceptors (Lipinski definition) is 3. The van der Waals surface area contributed by atoms with Crippen molar-refractivity contribution in [1.29, 1.82) is 0 Å². The first kappa shape index (κ1) is 12.5. The lowest BCUT2D eigenvalue weighted by molar-refractivity contribution is -0.00612. The summed E-state index contributed by atoms with van der Waals surface area (Å²) in [7, 11) is 2.12. The maximum Gasteiger partial charge on any atom is 0.126 e. The SMILES string of the molecule is CC1CC2(CC(O)c3cc(Br)ccc3O2)CN1C. The molecule has 3 nitrogen and oxygen atoms in total. The third-order valence-corrected chi connectivity index (χ3v) is 4.67. The molecule has 3 atom stereocenters. The van der Waals surface area contributed by atoms with E-state index >= 15 is 0 Å². The van der Waals surface area contributed by atoms with Crippen molar-refractivity contribution in [2.75, 3.05) is 13.6 Å². The molecule has 98 valence electrons. The maximum atomic E-state index is 10.4. The Labute approximate surface area is 116 Å². The fraction of sp³-hybridized carbons (Fsp3) is 0.571. The number of likely N-dealkylation sites (tertiary alicyclic amines) is 1. The smallest absolute Gasteiger partial charge is 0.126 e. The lowest BCUT2D eigenvalue weighted by Crippen LogP contribution is -2.43. The van der Waals surface area contributed by atoms with Gasteiger partial charge >= 0.3 is 0 Å². The molecule has 0 aliphatic carbocycles. The number of aliphatic hydroxyl groups is 1. The van der Waals surface area contributed by atoms with Crippen LogP contribution in [0, 0.1) is 0 Å². The molecule has 1 N–H and O–H groups in total. The normalized spacial score (nSPS) is 35.6. The summed E-state index contributed by atoms with van der Waals surface area (Å²) in [4.78, 5) is 2.30. The number of benzene rings is 1. The van der Waals surface area contributed by atoms with Crippen molar-refractivity contribution in [1.82, 2.24) is 4.90 Å². The molecule has 1 aromatic carbocycles. The number of ether oxygens (including phenoxy) is 1. The van der Waals surface area contributed by atoms with Crippen LogP contribution >= 0.6 is 15.9 Å². The summed E-state index contributed by atoms with van der Waals surface area (Å²) in [6.45, 7) is 3.10. The Bertz CT molecular complexity index is 467. The monoisotopic (exact) mass is 311 g/mol. The molecule has 3 rings (SSSR count). The number of hydrogen-bond donors (Lipinski definition) is 1. The Morgan fingerprint density at radius 2 is 2.22 bits per heavy atom. The molecular formula is C14H18BrNO2. The highest BCUT2D eigenvalue weighted by Crippen LogP contribution is 2.45. The van der Waals surface area contributed by atoms with Crippen LogP contribution in [-0.4, -0.2) is 35.2 Å². The van der Waals surface area contributed by atoms with Crippen LogP contribution in [0.15, 0.2) is 22.7 Å². The van der Waals surface area contributed by atoms with Gasteiger partial charge < -0.3 is 9.84 Å². The van der Waals surface area contributed by atoms with Crippen molar-refractivity contribution in [3.8, 4) is 5.75 Å². The van der Waals surface area contributed by atoms with Crippen LogP contribution in [0.2, 0.25) is 0 Å². The molecule has 0 radical (unpaired) electrons. The molecule has 0 saturated carbocycles. The van der Waals surface area contributed by atoms with Crippen LogP contribution in [0.3, 0.4) is 0 Å². The highest BCUT2D eigenvalue weighted by molar-refractivity contribution is 9.10. The van der Waals surface area contributed by atoms with Gasteiger partial charge in [-0.05, 0) is 32.2 Å². The molecule has 18 heavy (non-hydrogen) atoms. The van der Waals surface area contributed by atoms with E-state index < -0.39 is 6.10 Å². The topological polar surface area (TPSA) is 32.7 Å². The molecule has 1 saturated heterocycles. The van der Waals surface area contributed by atoms with E-state index in [-0.39, 0.29) is 5.60 Å². The molecule has 3 unspecified atom stereocenters. The van der Waals surface area contributed by atoms with Crippen molar-refractivity contribution >= 4 is 15.9 Å². The molecule has 2 aliphatic rings. The molecule has 0 amide bonds. The van der Waals surface area contributed by atoms with E-state index in [0.717, 1.165) is 28.8 Å². The predicted octanol–water partition coefficient (Wildman–Crippen LogP) is 2.73. The fourth-order valence-electron chi connectivity index (χ4n) is 3.20. The van der Waals surface area contributed by atoms with Crippen molar-refractivity contribution in [3.63, 3.8) is 0 Å². The number of nitrogens with zero attached hydrogens (tertiary/aromatic N) is 1. The number of aliphatic hydroxyl groups excluding tert-OH is 1. The zero-order valence-electron chi connectivity index (χ0n) is 10.7. The van der Waals surface area contributed by atoms with Gasteiger partial charge in [0, 0.05) is 35.5 Å². The quantitative estimate of drug-likeness (QED) is 0.799. The van der Waals surface area contributed by atoms with Crippen molar-refractivity contribution in [2.24, 2.45) is 0 Å². The predicted molar refractivity (Wildman–Crippen MR) is 73.8 cm³/mol. The summed E-state index contributed by atoms with van der Waals surface area (Å²) in [5.41, 5.74) is 0.686. The van der Waals surface area contributed by atoms with Crippen LogP contribution in [0.5, 0.6) is 5.75 Å². The Morgan fingerprint density at radius 3 is 2.89 bits per heavy atom. The molecule has 0 bridgehead atoms. The second-order valence-electron chi connectivity index (χ2n) is 5.66. The summed E-state index contributed by atoms with van der Waals surface area (Å²) in [6.07, 6.45) is 1.24. The second kappa shape index (κ2) is 4.22. The van der Waals surface area contributed by atoms with E-state index in [1.54, 1.807) is 0 Å². The zero-order chi connectivity index (χ0) is 12.9. The summed E-state index contributed by atoms with van der Waals surface area (Å²) in [5, 5.41) is 10.4. The van der Waals surface area contributed by atoms with Gasteiger partial charge in [0.15, 0.2) is 0 Å². The van der Waals surface area contributed by atoms with Crippen LogP contribution in [0.4, 0.5) is 0 Å². The van der Waals surface area contributed by atoms with E-state index in [9.17, 15) is 5.11 Å².